The van der Waals surface area contributed by atoms with Crippen LogP contribution in [-0.2, 0) is 17.5 Å². The zero-order chi connectivity index (χ0) is 21.5. The number of carbonyl (C=O) groups is 2. The first-order valence-electron chi connectivity index (χ1n) is 8.49. The number of alkyl halides is 3. The molecule has 4 aromatic rings. The number of imidazole rings is 1. The van der Waals surface area contributed by atoms with Gasteiger partial charge in [-0.1, -0.05) is 12.1 Å². The standard InChI is InChI=1S/C18H13F3N6O2S/c19-18(20,21)16-24-10-3-1-2-4-13(10)27(16)7-14(28)26-17-25-12(8-30-17)9-5-11(15(22)29)23-6-9/h1-6,8,23H,7H2,(H2,22,29)(H,25,26,28). The number of thiazole rings is 1. The van der Waals surface area contributed by atoms with Crippen LogP contribution < -0.4 is 11.1 Å². The SMILES string of the molecule is NC(=O)c1cc(-c2csc(NC(=O)Cn3c(C(F)(F)F)nc4ccccc43)n2)c[nH]1. The van der Waals surface area contributed by atoms with Gasteiger partial charge in [-0.25, -0.2) is 9.97 Å². The molecule has 0 bridgehead atoms. The molecule has 4 rings (SSSR count). The van der Waals surface area contributed by atoms with Crippen LogP contribution in [0.3, 0.4) is 0 Å². The highest BCUT2D eigenvalue weighted by atomic mass is 32.1. The van der Waals surface area contributed by atoms with Crippen LogP contribution in [0.4, 0.5) is 18.3 Å². The molecular formula is C18H13F3N6O2S. The van der Waals surface area contributed by atoms with Gasteiger partial charge in [0.05, 0.1) is 16.7 Å². The lowest BCUT2D eigenvalue weighted by Gasteiger charge is -2.10. The minimum atomic E-state index is -4.71. The van der Waals surface area contributed by atoms with Crippen molar-refractivity contribution in [2.75, 3.05) is 5.32 Å². The molecule has 3 aromatic heterocycles. The number of hydrogen-bond donors (Lipinski definition) is 3. The van der Waals surface area contributed by atoms with Crippen LogP contribution in [0.1, 0.15) is 16.3 Å². The predicted molar refractivity (Wildman–Crippen MR) is 104 cm³/mol. The van der Waals surface area contributed by atoms with Gasteiger partial charge in [0, 0.05) is 17.1 Å². The lowest BCUT2D eigenvalue weighted by molar-refractivity contribution is -0.147. The summed E-state index contributed by atoms with van der Waals surface area (Å²) < 4.78 is 40.9. The molecule has 0 unspecified atom stereocenters. The van der Waals surface area contributed by atoms with Gasteiger partial charge in [0.2, 0.25) is 11.7 Å². The number of carbonyl (C=O) groups excluding carboxylic acids is 2. The van der Waals surface area contributed by atoms with Crippen LogP contribution in [0.25, 0.3) is 22.3 Å². The summed E-state index contributed by atoms with van der Waals surface area (Å²) in [5, 5.41) is 4.33. The van der Waals surface area contributed by atoms with Gasteiger partial charge in [0.1, 0.15) is 12.2 Å². The number of aromatic amines is 1. The Kier molecular flexibility index (Phi) is 4.78. The number of nitrogens with two attached hydrogens (primary N) is 1. The molecule has 0 saturated heterocycles. The molecule has 8 nitrogen and oxygen atoms in total. The van der Waals surface area contributed by atoms with Crippen molar-refractivity contribution in [1.82, 2.24) is 19.5 Å². The molecule has 0 aliphatic heterocycles. The first-order valence-corrected chi connectivity index (χ1v) is 9.37. The number of nitrogens with one attached hydrogen (secondary N) is 2. The maximum absolute atomic E-state index is 13.4. The first kappa shape index (κ1) is 19.6. The Morgan fingerprint density at radius 2 is 2.00 bits per heavy atom. The third-order valence-corrected chi connectivity index (χ3v) is 4.96. The molecular weight excluding hydrogens is 421 g/mol. The van der Waals surface area contributed by atoms with E-state index < -0.39 is 30.4 Å². The molecule has 0 atom stereocenters. The fourth-order valence-corrected chi connectivity index (χ4v) is 3.64. The smallest absolute Gasteiger partial charge is 0.364 e. The fourth-order valence-electron chi connectivity index (χ4n) is 2.90. The van der Waals surface area contributed by atoms with Gasteiger partial charge in [0.15, 0.2) is 5.13 Å². The van der Waals surface area contributed by atoms with Crippen LogP contribution in [0, 0.1) is 0 Å². The number of halogens is 3. The molecule has 2 amide bonds. The Morgan fingerprint density at radius 3 is 2.70 bits per heavy atom. The Morgan fingerprint density at radius 1 is 1.23 bits per heavy atom. The van der Waals surface area contributed by atoms with Crippen molar-refractivity contribution in [3.8, 4) is 11.3 Å². The number of amides is 2. The second-order valence-electron chi connectivity index (χ2n) is 6.26. The zero-order valence-corrected chi connectivity index (χ0v) is 15.8. The van der Waals surface area contributed by atoms with E-state index in [1.807, 2.05) is 0 Å². The van der Waals surface area contributed by atoms with E-state index in [1.165, 1.54) is 24.4 Å². The number of H-pyrrole nitrogens is 1. The van der Waals surface area contributed by atoms with Gasteiger partial charge in [-0.3, -0.25) is 9.59 Å². The van der Waals surface area contributed by atoms with E-state index in [9.17, 15) is 22.8 Å². The summed E-state index contributed by atoms with van der Waals surface area (Å²) in [6.45, 7) is -0.583. The quantitative estimate of drug-likeness (QED) is 0.447. The van der Waals surface area contributed by atoms with Crippen molar-refractivity contribution < 1.29 is 22.8 Å². The molecule has 0 saturated carbocycles. The monoisotopic (exact) mass is 434 g/mol. The number of rotatable bonds is 5. The van der Waals surface area contributed by atoms with Gasteiger partial charge >= 0.3 is 6.18 Å². The second-order valence-corrected chi connectivity index (χ2v) is 7.12. The lowest BCUT2D eigenvalue weighted by atomic mass is 10.2. The molecule has 30 heavy (non-hydrogen) atoms. The highest BCUT2D eigenvalue weighted by Crippen LogP contribution is 2.31. The van der Waals surface area contributed by atoms with Gasteiger partial charge in [0.25, 0.3) is 5.91 Å². The van der Waals surface area contributed by atoms with Crippen molar-refractivity contribution in [2.24, 2.45) is 5.73 Å². The summed E-state index contributed by atoms with van der Waals surface area (Å²) in [5.41, 5.74) is 6.80. The van der Waals surface area contributed by atoms with E-state index in [0.29, 0.717) is 11.3 Å². The Bertz CT molecular complexity index is 1260. The van der Waals surface area contributed by atoms with Crippen LogP contribution in [0.2, 0.25) is 0 Å². The van der Waals surface area contributed by atoms with Crippen molar-refractivity contribution in [3.05, 3.63) is 53.4 Å². The molecule has 154 valence electrons. The summed E-state index contributed by atoms with van der Waals surface area (Å²) in [4.78, 5) is 34.1. The average molecular weight is 434 g/mol. The van der Waals surface area contributed by atoms with E-state index >= 15 is 0 Å². The third-order valence-electron chi connectivity index (χ3n) is 4.20. The summed E-state index contributed by atoms with van der Waals surface area (Å²) >= 11 is 1.10. The number of para-hydroxylation sites is 2. The van der Waals surface area contributed by atoms with Gasteiger partial charge in [-0.15, -0.1) is 11.3 Å². The largest absolute Gasteiger partial charge is 0.449 e. The van der Waals surface area contributed by atoms with Crippen molar-refractivity contribution in [3.63, 3.8) is 0 Å². The molecule has 0 aliphatic carbocycles. The van der Waals surface area contributed by atoms with Gasteiger partial charge < -0.3 is 20.6 Å². The average Bonchev–Trinajstić information content (AvgIpc) is 3.39. The molecule has 1 aromatic carbocycles. The highest BCUT2D eigenvalue weighted by molar-refractivity contribution is 7.14. The van der Waals surface area contributed by atoms with E-state index in [2.05, 4.69) is 20.3 Å². The first-order chi connectivity index (χ1) is 14.2. The maximum Gasteiger partial charge on any atom is 0.449 e. The lowest BCUT2D eigenvalue weighted by Crippen LogP contribution is -2.23. The number of fused-ring (bicyclic) bond motifs is 1. The highest BCUT2D eigenvalue weighted by Gasteiger charge is 2.38. The topological polar surface area (TPSA) is 119 Å². The minimum Gasteiger partial charge on any atom is -0.364 e. The molecule has 0 aliphatic rings. The Hall–Kier alpha value is -3.67. The zero-order valence-electron chi connectivity index (χ0n) is 15.0. The summed E-state index contributed by atoms with van der Waals surface area (Å²) in [6, 6.07) is 7.57. The van der Waals surface area contributed by atoms with Crippen LogP contribution in [0.15, 0.2) is 41.9 Å². The van der Waals surface area contributed by atoms with Crippen molar-refractivity contribution >= 4 is 39.3 Å². The molecule has 0 fully saturated rings. The number of anilines is 1. The van der Waals surface area contributed by atoms with Gasteiger partial charge in [-0.05, 0) is 18.2 Å². The molecule has 12 heteroatoms. The van der Waals surface area contributed by atoms with Gasteiger partial charge in [-0.2, -0.15) is 13.2 Å². The number of hydrogen-bond acceptors (Lipinski definition) is 5. The van der Waals surface area contributed by atoms with E-state index in [1.54, 1.807) is 17.5 Å². The van der Waals surface area contributed by atoms with E-state index in [4.69, 9.17) is 5.73 Å². The van der Waals surface area contributed by atoms with Crippen molar-refractivity contribution in [1.29, 1.82) is 0 Å². The molecule has 0 radical (unpaired) electrons. The summed E-state index contributed by atoms with van der Waals surface area (Å²) in [7, 11) is 0. The van der Waals surface area contributed by atoms with Crippen LogP contribution in [0.5, 0.6) is 0 Å². The molecule has 3 heterocycles. The molecule has 4 N–H and O–H groups in total. The summed E-state index contributed by atoms with van der Waals surface area (Å²) in [6.07, 6.45) is -3.17. The normalized spacial score (nSPS) is 11.7. The third kappa shape index (κ3) is 3.76. The minimum absolute atomic E-state index is 0.145. The summed E-state index contributed by atoms with van der Waals surface area (Å²) in [5.74, 6) is -2.46. The van der Waals surface area contributed by atoms with Crippen LogP contribution in [-0.4, -0.2) is 31.3 Å². The van der Waals surface area contributed by atoms with E-state index in [-0.39, 0.29) is 21.9 Å². The van der Waals surface area contributed by atoms with Crippen LogP contribution >= 0.6 is 11.3 Å². The number of primary amides is 1. The number of benzene rings is 1. The van der Waals surface area contributed by atoms with Crippen molar-refractivity contribution in [2.45, 2.75) is 12.7 Å². The Balaban J connectivity index is 1.55. The fraction of sp³-hybridized carbons (Fsp3) is 0.111. The number of aromatic nitrogens is 4. The number of nitrogens with zero attached hydrogens (tertiary/aromatic N) is 3. The Labute approximate surface area is 170 Å². The maximum atomic E-state index is 13.4. The second kappa shape index (κ2) is 7.30. The van der Waals surface area contributed by atoms with E-state index in [0.717, 1.165) is 15.9 Å². The molecule has 0 spiro atoms. The predicted octanol–water partition coefficient (Wildman–Crippen LogP) is 3.24.